The first-order chi connectivity index (χ1) is 9.70. The predicted octanol–water partition coefficient (Wildman–Crippen LogP) is 2.83. The highest BCUT2D eigenvalue weighted by Gasteiger charge is 2.24. The first-order valence-electron chi connectivity index (χ1n) is 6.98. The van der Waals surface area contributed by atoms with Crippen molar-refractivity contribution in [3.05, 3.63) is 18.0 Å². The van der Waals surface area contributed by atoms with E-state index in [9.17, 15) is 8.78 Å². The van der Waals surface area contributed by atoms with Gasteiger partial charge in [0.2, 0.25) is 5.82 Å². The van der Waals surface area contributed by atoms with Crippen molar-refractivity contribution in [2.75, 3.05) is 11.4 Å². The second-order valence-electron chi connectivity index (χ2n) is 5.07. The molecule has 1 saturated heterocycles. The quantitative estimate of drug-likeness (QED) is 0.868. The molecule has 2 aromatic heterocycles. The molecule has 1 fully saturated rings. The van der Waals surface area contributed by atoms with E-state index in [1.165, 1.54) is 6.42 Å². The number of piperidine rings is 1. The van der Waals surface area contributed by atoms with Crippen LogP contribution in [0.5, 0.6) is 0 Å². The van der Waals surface area contributed by atoms with Gasteiger partial charge in [0, 0.05) is 12.6 Å². The third kappa shape index (κ3) is 2.21. The summed E-state index contributed by atoms with van der Waals surface area (Å²) in [6.45, 7) is 3.06. The fourth-order valence-electron chi connectivity index (χ4n) is 2.81. The Morgan fingerprint density at radius 2 is 2.15 bits per heavy atom. The van der Waals surface area contributed by atoms with Crippen molar-refractivity contribution < 1.29 is 8.78 Å². The van der Waals surface area contributed by atoms with Gasteiger partial charge in [0.05, 0.1) is 0 Å². The molecule has 5 nitrogen and oxygen atoms in total. The number of nitrogens with zero attached hydrogens (tertiary/aromatic N) is 5. The highest BCUT2D eigenvalue weighted by atomic mass is 19.3. The lowest BCUT2D eigenvalue weighted by molar-refractivity contribution is 0.137. The van der Waals surface area contributed by atoms with Crippen molar-refractivity contribution in [1.29, 1.82) is 0 Å². The van der Waals surface area contributed by atoms with Crippen LogP contribution < -0.4 is 4.90 Å². The number of fused-ring (bicyclic) bond motifs is 1. The minimum Gasteiger partial charge on any atom is -0.352 e. The molecule has 0 bridgehead atoms. The Kier molecular flexibility index (Phi) is 3.50. The second kappa shape index (κ2) is 5.30. The minimum atomic E-state index is -2.67. The summed E-state index contributed by atoms with van der Waals surface area (Å²) in [6.07, 6.45) is 1.81. The molecule has 1 aliphatic heterocycles. The summed E-state index contributed by atoms with van der Waals surface area (Å²) >= 11 is 0. The Balaban J connectivity index is 2.00. The van der Waals surface area contributed by atoms with E-state index in [1.807, 2.05) is 6.07 Å². The molecule has 1 aliphatic rings. The molecule has 0 amide bonds. The molecule has 1 unspecified atom stereocenters. The molecule has 7 heteroatoms. The van der Waals surface area contributed by atoms with E-state index in [1.54, 1.807) is 6.07 Å². The van der Waals surface area contributed by atoms with E-state index in [4.69, 9.17) is 0 Å². The van der Waals surface area contributed by atoms with Gasteiger partial charge < -0.3 is 4.90 Å². The Bertz CT molecular complexity index is 597. The molecule has 0 aliphatic carbocycles. The molecule has 0 radical (unpaired) electrons. The lowest BCUT2D eigenvalue weighted by atomic mass is 10.0. The van der Waals surface area contributed by atoms with Crippen LogP contribution in [0, 0.1) is 0 Å². The molecule has 0 saturated carbocycles. The maximum Gasteiger partial charge on any atom is 0.299 e. The van der Waals surface area contributed by atoms with Crippen molar-refractivity contribution in [2.45, 2.75) is 45.1 Å². The van der Waals surface area contributed by atoms with Gasteiger partial charge in [-0.25, -0.2) is 8.78 Å². The third-order valence-corrected chi connectivity index (χ3v) is 3.86. The molecule has 0 spiro atoms. The van der Waals surface area contributed by atoms with E-state index < -0.39 is 12.2 Å². The number of rotatable bonds is 3. The van der Waals surface area contributed by atoms with Crippen molar-refractivity contribution in [1.82, 2.24) is 19.8 Å². The average molecular weight is 281 g/mol. The maximum atomic E-state index is 12.9. The SMILES string of the molecule is CCC1CCCCN1c1ccc2nnc(C(F)F)n2n1. The lowest BCUT2D eigenvalue weighted by Crippen LogP contribution is -2.39. The van der Waals surface area contributed by atoms with Crippen molar-refractivity contribution in [3.8, 4) is 0 Å². The van der Waals surface area contributed by atoms with Gasteiger partial charge in [-0.3, -0.25) is 0 Å². The largest absolute Gasteiger partial charge is 0.352 e. The Morgan fingerprint density at radius 3 is 2.90 bits per heavy atom. The molecule has 0 N–H and O–H groups in total. The van der Waals surface area contributed by atoms with Crippen LogP contribution in [0.25, 0.3) is 5.65 Å². The summed E-state index contributed by atoms with van der Waals surface area (Å²) < 4.78 is 26.9. The minimum absolute atomic E-state index is 0.356. The molecule has 0 aromatic carbocycles. The van der Waals surface area contributed by atoms with E-state index in [2.05, 4.69) is 27.1 Å². The standard InChI is InChI=1S/C13H17F2N5/c1-2-9-5-3-4-8-19(9)11-7-6-10-16-17-13(12(14)15)20(10)18-11/h6-7,9,12H,2-5,8H2,1H3. The molecule has 1 atom stereocenters. The van der Waals surface area contributed by atoms with Crippen LogP contribution in [-0.4, -0.2) is 32.4 Å². The predicted molar refractivity (Wildman–Crippen MR) is 71.0 cm³/mol. The van der Waals surface area contributed by atoms with Gasteiger partial charge in [0.25, 0.3) is 6.43 Å². The van der Waals surface area contributed by atoms with E-state index in [0.29, 0.717) is 11.7 Å². The fraction of sp³-hybridized carbons (Fsp3) is 0.615. The van der Waals surface area contributed by atoms with Crippen LogP contribution in [-0.2, 0) is 0 Å². The van der Waals surface area contributed by atoms with Gasteiger partial charge in [-0.05, 0) is 37.8 Å². The number of hydrogen-bond donors (Lipinski definition) is 0. The van der Waals surface area contributed by atoms with Crippen LogP contribution in [0.2, 0.25) is 0 Å². The highest BCUT2D eigenvalue weighted by Crippen LogP contribution is 2.26. The molecule has 3 rings (SSSR count). The first-order valence-corrected chi connectivity index (χ1v) is 6.98. The van der Waals surface area contributed by atoms with Gasteiger partial charge in [0.1, 0.15) is 5.82 Å². The lowest BCUT2D eigenvalue weighted by Gasteiger charge is -2.36. The number of hydrogen-bond acceptors (Lipinski definition) is 4. The molecular formula is C13H17F2N5. The molecule has 2 aromatic rings. The van der Waals surface area contributed by atoms with Crippen molar-refractivity contribution in [3.63, 3.8) is 0 Å². The van der Waals surface area contributed by atoms with Crippen LogP contribution >= 0.6 is 0 Å². The third-order valence-electron chi connectivity index (χ3n) is 3.86. The van der Waals surface area contributed by atoms with Crippen LogP contribution in [0.1, 0.15) is 44.9 Å². The summed E-state index contributed by atoms with van der Waals surface area (Å²) in [6, 6.07) is 3.97. The zero-order valence-corrected chi connectivity index (χ0v) is 11.3. The first kappa shape index (κ1) is 13.2. The summed E-state index contributed by atoms with van der Waals surface area (Å²) in [5.74, 6) is 0.331. The van der Waals surface area contributed by atoms with Gasteiger partial charge in [-0.2, -0.15) is 4.52 Å². The fourth-order valence-corrected chi connectivity index (χ4v) is 2.81. The second-order valence-corrected chi connectivity index (χ2v) is 5.07. The topological polar surface area (TPSA) is 46.3 Å². The summed E-state index contributed by atoms with van der Waals surface area (Å²) in [5.41, 5.74) is 0.356. The highest BCUT2D eigenvalue weighted by molar-refractivity contribution is 5.46. The summed E-state index contributed by atoms with van der Waals surface area (Å²) in [7, 11) is 0. The smallest absolute Gasteiger partial charge is 0.299 e. The van der Waals surface area contributed by atoms with Crippen molar-refractivity contribution in [2.24, 2.45) is 0 Å². The normalized spacial score (nSPS) is 20.0. The molecule has 3 heterocycles. The number of alkyl halides is 2. The zero-order valence-electron chi connectivity index (χ0n) is 11.3. The number of anilines is 1. The summed E-state index contributed by atoms with van der Waals surface area (Å²) in [4.78, 5) is 2.21. The van der Waals surface area contributed by atoms with Crippen LogP contribution in [0.4, 0.5) is 14.6 Å². The molecular weight excluding hydrogens is 264 g/mol. The number of halogens is 2. The molecule has 20 heavy (non-hydrogen) atoms. The van der Waals surface area contributed by atoms with E-state index in [0.717, 1.165) is 36.1 Å². The average Bonchev–Trinajstić information content (AvgIpc) is 2.90. The van der Waals surface area contributed by atoms with Gasteiger partial charge in [-0.15, -0.1) is 15.3 Å². The Labute approximate surface area is 115 Å². The van der Waals surface area contributed by atoms with Crippen molar-refractivity contribution >= 4 is 11.5 Å². The van der Waals surface area contributed by atoms with Gasteiger partial charge >= 0.3 is 0 Å². The van der Waals surface area contributed by atoms with Gasteiger partial charge in [-0.1, -0.05) is 6.92 Å². The molecule has 108 valence electrons. The van der Waals surface area contributed by atoms with Crippen LogP contribution in [0.15, 0.2) is 12.1 Å². The summed E-state index contributed by atoms with van der Waals surface area (Å²) in [5, 5.41) is 11.5. The van der Waals surface area contributed by atoms with Gasteiger partial charge in [0.15, 0.2) is 5.65 Å². The Hall–Kier alpha value is -1.79. The zero-order chi connectivity index (χ0) is 14.1. The van der Waals surface area contributed by atoms with E-state index >= 15 is 0 Å². The monoisotopic (exact) mass is 281 g/mol. The van der Waals surface area contributed by atoms with E-state index in [-0.39, 0.29) is 0 Å². The van der Waals surface area contributed by atoms with Crippen LogP contribution in [0.3, 0.4) is 0 Å². The maximum absolute atomic E-state index is 12.9. The Morgan fingerprint density at radius 1 is 1.30 bits per heavy atom. The number of aromatic nitrogens is 4.